The summed E-state index contributed by atoms with van der Waals surface area (Å²) in [5, 5.41) is 26.8. The Morgan fingerprint density at radius 2 is 1.70 bits per heavy atom. The molecule has 8 N–H and O–H groups in total. The van der Waals surface area contributed by atoms with E-state index in [-0.39, 0.29) is 23.0 Å². The predicted molar refractivity (Wildman–Crippen MR) is 79.5 cm³/mol. The maximum absolute atomic E-state index is 10.2. The number of nitrogens with one attached hydrogen (secondary N) is 3. The van der Waals surface area contributed by atoms with Gasteiger partial charge in [-0.05, 0) is 12.1 Å². The zero-order valence-electron chi connectivity index (χ0n) is 10.5. The molecule has 0 amide bonds. The van der Waals surface area contributed by atoms with Crippen molar-refractivity contribution in [3.63, 3.8) is 0 Å². The van der Waals surface area contributed by atoms with Crippen LogP contribution in [0, 0.1) is 10.8 Å². The Labute approximate surface area is 114 Å². The number of amidine groups is 2. The first-order chi connectivity index (χ1) is 9.49. The number of hydrogen-bond acceptors (Lipinski definition) is 3. The Hall–Kier alpha value is -3.02. The molecule has 2 aromatic carbocycles. The summed E-state index contributed by atoms with van der Waals surface area (Å²) in [5.41, 5.74) is 13.1. The molecule has 0 radical (unpaired) electrons. The maximum Gasteiger partial charge on any atom is 0.150 e. The molecule has 0 atom stereocenters. The molecule has 0 bridgehead atoms. The van der Waals surface area contributed by atoms with Crippen LogP contribution in [-0.2, 0) is 0 Å². The molecule has 1 aromatic heterocycles. The van der Waals surface area contributed by atoms with E-state index in [1.54, 1.807) is 24.3 Å². The van der Waals surface area contributed by atoms with E-state index in [4.69, 9.17) is 22.3 Å². The Bertz CT molecular complexity index is 878. The summed E-state index contributed by atoms with van der Waals surface area (Å²) in [6.45, 7) is 0. The van der Waals surface area contributed by atoms with Gasteiger partial charge in [0.2, 0.25) is 0 Å². The molecule has 100 valence electrons. The van der Waals surface area contributed by atoms with E-state index in [9.17, 15) is 5.11 Å². The topological polar surface area (TPSA) is 136 Å². The Kier molecular flexibility index (Phi) is 2.40. The molecule has 3 aromatic rings. The van der Waals surface area contributed by atoms with Crippen LogP contribution in [0.3, 0.4) is 0 Å². The van der Waals surface area contributed by atoms with Crippen molar-refractivity contribution >= 4 is 33.5 Å². The SMILES string of the molecule is N=C(N)c1ccc2c(c1)[nH]c1c(O)c(C(=N)N)ccc12. The summed E-state index contributed by atoms with van der Waals surface area (Å²) in [6, 6.07) is 8.78. The Morgan fingerprint density at radius 3 is 2.35 bits per heavy atom. The van der Waals surface area contributed by atoms with Crippen molar-refractivity contribution in [2.45, 2.75) is 0 Å². The first kappa shape index (κ1) is 12.0. The molecule has 1 heterocycles. The minimum Gasteiger partial charge on any atom is -0.505 e. The number of nitrogen functional groups attached to an aromatic ring is 2. The molecule has 0 unspecified atom stereocenters. The molecule has 0 aliphatic carbocycles. The van der Waals surface area contributed by atoms with Crippen molar-refractivity contribution in [1.29, 1.82) is 10.8 Å². The molecular formula is C14H13N5O. The van der Waals surface area contributed by atoms with Gasteiger partial charge < -0.3 is 21.6 Å². The van der Waals surface area contributed by atoms with Crippen LogP contribution in [0.2, 0.25) is 0 Å². The maximum atomic E-state index is 10.2. The largest absolute Gasteiger partial charge is 0.505 e. The number of phenols is 1. The van der Waals surface area contributed by atoms with Crippen molar-refractivity contribution in [3.05, 3.63) is 41.5 Å². The lowest BCUT2D eigenvalue weighted by molar-refractivity contribution is 0.479. The number of aromatic hydroxyl groups is 1. The summed E-state index contributed by atoms with van der Waals surface area (Å²) in [7, 11) is 0. The minimum absolute atomic E-state index is 0.0146. The molecule has 6 nitrogen and oxygen atoms in total. The second kappa shape index (κ2) is 3.99. The Morgan fingerprint density at radius 1 is 1.00 bits per heavy atom. The highest BCUT2D eigenvalue weighted by atomic mass is 16.3. The number of fused-ring (bicyclic) bond motifs is 3. The molecule has 20 heavy (non-hydrogen) atoms. The standard InChI is InChI=1S/C14H13N5O/c15-13(16)6-1-2-7-8-3-4-9(14(17)18)12(20)11(8)19-10(7)5-6/h1-5,19-20H,(H3,15,16)(H3,17,18). The van der Waals surface area contributed by atoms with Crippen LogP contribution < -0.4 is 11.5 Å². The van der Waals surface area contributed by atoms with Crippen LogP contribution in [0.1, 0.15) is 11.1 Å². The van der Waals surface area contributed by atoms with Gasteiger partial charge in [-0.25, -0.2) is 0 Å². The molecule has 3 rings (SSSR count). The Balaban J connectivity index is 2.38. The van der Waals surface area contributed by atoms with Crippen LogP contribution in [-0.4, -0.2) is 21.8 Å². The van der Waals surface area contributed by atoms with Crippen LogP contribution in [0.4, 0.5) is 0 Å². The van der Waals surface area contributed by atoms with E-state index in [2.05, 4.69) is 4.98 Å². The fourth-order valence-electron chi connectivity index (χ4n) is 2.34. The molecule has 0 saturated heterocycles. The van der Waals surface area contributed by atoms with E-state index in [1.807, 2.05) is 6.07 Å². The van der Waals surface area contributed by atoms with Gasteiger partial charge in [0.1, 0.15) is 11.7 Å². The van der Waals surface area contributed by atoms with Gasteiger partial charge in [-0.2, -0.15) is 0 Å². The van der Waals surface area contributed by atoms with Gasteiger partial charge in [-0.15, -0.1) is 0 Å². The van der Waals surface area contributed by atoms with Crippen molar-refractivity contribution in [2.24, 2.45) is 11.5 Å². The summed E-state index contributed by atoms with van der Waals surface area (Å²) >= 11 is 0. The molecular weight excluding hydrogens is 254 g/mol. The number of aromatic nitrogens is 1. The zero-order chi connectivity index (χ0) is 14.4. The average molecular weight is 267 g/mol. The van der Waals surface area contributed by atoms with Crippen LogP contribution in [0.5, 0.6) is 5.75 Å². The number of benzene rings is 2. The molecule has 0 saturated carbocycles. The number of phenolic OH excluding ortho intramolecular Hbond substituents is 1. The number of hydrogen-bond donors (Lipinski definition) is 6. The highest BCUT2D eigenvalue weighted by Gasteiger charge is 2.13. The lowest BCUT2D eigenvalue weighted by Gasteiger charge is -2.02. The minimum atomic E-state index is -0.188. The first-order valence-electron chi connectivity index (χ1n) is 5.95. The lowest BCUT2D eigenvalue weighted by atomic mass is 10.1. The smallest absolute Gasteiger partial charge is 0.150 e. The van der Waals surface area contributed by atoms with Crippen molar-refractivity contribution in [1.82, 2.24) is 4.98 Å². The molecule has 0 spiro atoms. The van der Waals surface area contributed by atoms with Crippen LogP contribution in [0.25, 0.3) is 21.8 Å². The average Bonchev–Trinajstić information content (AvgIpc) is 2.77. The molecule has 6 heteroatoms. The summed E-state index contributed by atoms with van der Waals surface area (Å²) in [5.74, 6) is -0.248. The summed E-state index contributed by atoms with van der Waals surface area (Å²) in [4.78, 5) is 3.08. The van der Waals surface area contributed by atoms with Gasteiger partial charge in [0, 0.05) is 21.9 Å². The highest BCUT2D eigenvalue weighted by Crippen LogP contribution is 2.33. The highest BCUT2D eigenvalue weighted by molar-refractivity contribution is 6.13. The number of H-pyrrole nitrogens is 1. The second-order valence-electron chi connectivity index (χ2n) is 4.60. The van der Waals surface area contributed by atoms with Crippen LogP contribution in [0.15, 0.2) is 30.3 Å². The van der Waals surface area contributed by atoms with E-state index in [0.29, 0.717) is 11.1 Å². The first-order valence-corrected chi connectivity index (χ1v) is 5.95. The number of rotatable bonds is 2. The number of nitrogens with two attached hydrogens (primary N) is 2. The van der Waals surface area contributed by atoms with E-state index < -0.39 is 0 Å². The molecule has 0 aliphatic rings. The third kappa shape index (κ3) is 1.58. The normalized spacial score (nSPS) is 11.0. The van der Waals surface area contributed by atoms with Gasteiger partial charge in [-0.1, -0.05) is 18.2 Å². The fourth-order valence-corrected chi connectivity index (χ4v) is 2.34. The quantitative estimate of drug-likeness (QED) is 0.311. The van der Waals surface area contributed by atoms with Gasteiger partial charge in [0.25, 0.3) is 0 Å². The monoisotopic (exact) mass is 267 g/mol. The number of aromatic amines is 1. The predicted octanol–water partition coefficient (Wildman–Crippen LogP) is 1.59. The van der Waals surface area contributed by atoms with E-state index in [1.165, 1.54) is 0 Å². The van der Waals surface area contributed by atoms with Crippen molar-refractivity contribution in [3.8, 4) is 5.75 Å². The van der Waals surface area contributed by atoms with Crippen LogP contribution >= 0.6 is 0 Å². The van der Waals surface area contributed by atoms with Gasteiger partial charge in [0.15, 0.2) is 5.75 Å². The zero-order valence-corrected chi connectivity index (χ0v) is 10.5. The van der Waals surface area contributed by atoms with E-state index in [0.717, 1.165) is 16.3 Å². The third-order valence-electron chi connectivity index (χ3n) is 3.35. The molecule has 0 aliphatic heterocycles. The van der Waals surface area contributed by atoms with Gasteiger partial charge >= 0.3 is 0 Å². The summed E-state index contributed by atoms with van der Waals surface area (Å²) < 4.78 is 0. The fraction of sp³-hybridized carbons (Fsp3) is 0. The summed E-state index contributed by atoms with van der Waals surface area (Å²) in [6.07, 6.45) is 0. The van der Waals surface area contributed by atoms with Gasteiger partial charge in [0.05, 0.1) is 11.1 Å². The van der Waals surface area contributed by atoms with Crippen molar-refractivity contribution < 1.29 is 5.11 Å². The molecule has 0 fully saturated rings. The third-order valence-corrected chi connectivity index (χ3v) is 3.35. The van der Waals surface area contributed by atoms with Crippen molar-refractivity contribution in [2.75, 3.05) is 0 Å². The van der Waals surface area contributed by atoms with E-state index >= 15 is 0 Å². The lowest BCUT2D eigenvalue weighted by Crippen LogP contribution is -2.11. The second-order valence-corrected chi connectivity index (χ2v) is 4.60. The van der Waals surface area contributed by atoms with Gasteiger partial charge in [-0.3, -0.25) is 10.8 Å².